The first-order chi connectivity index (χ1) is 7.33. The highest BCUT2D eigenvalue weighted by molar-refractivity contribution is 5.74. The lowest BCUT2D eigenvalue weighted by Crippen LogP contribution is -2.29. The Morgan fingerprint density at radius 3 is 2.80 bits per heavy atom. The third-order valence-corrected chi connectivity index (χ3v) is 2.39. The number of hydrogen-bond donors (Lipinski definition) is 0. The minimum atomic E-state index is -0.452. The second-order valence-corrected chi connectivity index (χ2v) is 3.28. The van der Waals surface area contributed by atoms with Crippen molar-refractivity contribution in [2.75, 3.05) is 13.2 Å². The summed E-state index contributed by atoms with van der Waals surface area (Å²) in [5.74, 6) is 0. The highest BCUT2D eigenvalue weighted by Gasteiger charge is 2.33. The lowest BCUT2D eigenvalue weighted by atomic mass is 10.1. The molecule has 4 heteroatoms. The molecule has 1 heterocycles. The van der Waals surface area contributed by atoms with Gasteiger partial charge in [0.25, 0.3) is 0 Å². The van der Waals surface area contributed by atoms with E-state index in [0.29, 0.717) is 6.61 Å². The quantitative estimate of drug-likeness (QED) is 0.745. The van der Waals surface area contributed by atoms with Gasteiger partial charge in [0.1, 0.15) is 6.61 Å². The van der Waals surface area contributed by atoms with Crippen LogP contribution in [0.4, 0.5) is 4.79 Å². The molecule has 1 saturated heterocycles. The maximum absolute atomic E-state index is 11.3. The summed E-state index contributed by atoms with van der Waals surface area (Å²) in [6.45, 7) is 0.253. The maximum atomic E-state index is 11.3. The molecule has 1 aliphatic rings. The molecule has 4 nitrogen and oxygen atoms in total. The fourth-order valence-electron chi connectivity index (χ4n) is 1.65. The van der Waals surface area contributed by atoms with Crippen LogP contribution in [0.3, 0.4) is 0 Å². The van der Waals surface area contributed by atoms with Gasteiger partial charge in [0.05, 0.1) is 12.6 Å². The average molecular weight is 204 g/mol. The van der Waals surface area contributed by atoms with Crippen LogP contribution in [0.25, 0.3) is 0 Å². The summed E-state index contributed by atoms with van der Waals surface area (Å²) in [4.78, 5) is 23.0. The Labute approximate surface area is 87.4 Å². The minimum absolute atomic E-state index is 0.0433. The Morgan fingerprint density at radius 2 is 2.13 bits per heavy atom. The molecule has 1 amide bonds. The lowest BCUT2D eigenvalue weighted by molar-refractivity contribution is 0.161. The van der Waals surface area contributed by atoms with E-state index in [4.69, 9.17) is 4.74 Å². The zero-order chi connectivity index (χ0) is 10.7. The van der Waals surface area contributed by atoms with Crippen LogP contribution >= 0.6 is 0 Å². The van der Waals surface area contributed by atoms with Crippen LogP contribution in [0, 0.1) is 0 Å². The van der Waals surface area contributed by atoms with E-state index in [1.54, 1.807) is 6.29 Å². The van der Waals surface area contributed by atoms with Crippen molar-refractivity contribution in [1.29, 1.82) is 0 Å². The van der Waals surface area contributed by atoms with E-state index in [2.05, 4.69) is 0 Å². The van der Waals surface area contributed by atoms with Gasteiger partial charge in [-0.05, 0) is 5.56 Å². The van der Waals surface area contributed by atoms with E-state index < -0.39 is 6.09 Å². The average Bonchev–Trinajstić information content (AvgIpc) is 2.63. The Hall–Kier alpha value is -1.84. The van der Waals surface area contributed by atoms with Crippen LogP contribution in [0.2, 0.25) is 0 Å². The highest BCUT2D eigenvalue weighted by atomic mass is 16.6. The molecule has 1 radical (unpaired) electrons. The predicted molar refractivity (Wildman–Crippen MR) is 52.9 cm³/mol. The zero-order valence-corrected chi connectivity index (χ0v) is 8.05. The molecule has 77 valence electrons. The first-order valence-electron chi connectivity index (χ1n) is 4.66. The van der Waals surface area contributed by atoms with Gasteiger partial charge < -0.3 is 4.74 Å². The number of nitrogens with zero attached hydrogens (tertiary/aromatic N) is 1. The molecule has 0 bridgehead atoms. The summed E-state index contributed by atoms with van der Waals surface area (Å²) in [6.07, 6.45) is 1.26. The Morgan fingerprint density at radius 1 is 1.40 bits per heavy atom. The molecule has 1 aliphatic heterocycles. The summed E-state index contributed by atoms with van der Waals surface area (Å²) in [5.41, 5.74) is 0.971. The third-order valence-electron chi connectivity index (χ3n) is 2.39. The number of benzene rings is 1. The number of rotatable bonds is 3. The topological polar surface area (TPSA) is 46.6 Å². The summed E-state index contributed by atoms with van der Waals surface area (Å²) in [6, 6.07) is 9.33. The molecule has 0 spiro atoms. The monoisotopic (exact) mass is 204 g/mol. The van der Waals surface area contributed by atoms with Gasteiger partial charge in [-0.2, -0.15) is 0 Å². The van der Waals surface area contributed by atoms with E-state index in [9.17, 15) is 9.59 Å². The van der Waals surface area contributed by atoms with Crippen molar-refractivity contribution in [3.05, 3.63) is 35.9 Å². The molecule has 1 atom stereocenters. The molecule has 1 unspecified atom stereocenters. The van der Waals surface area contributed by atoms with Crippen LogP contribution in [-0.2, 0) is 9.53 Å². The van der Waals surface area contributed by atoms with Gasteiger partial charge in [-0.1, -0.05) is 30.3 Å². The first-order valence-corrected chi connectivity index (χ1v) is 4.66. The molecule has 0 saturated carbocycles. The summed E-state index contributed by atoms with van der Waals surface area (Å²) in [7, 11) is 0. The van der Waals surface area contributed by atoms with Crippen LogP contribution < -0.4 is 0 Å². The van der Waals surface area contributed by atoms with E-state index >= 15 is 0 Å². The number of cyclic esters (lactones) is 1. The molecule has 2 rings (SSSR count). The number of ether oxygens (including phenoxy) is 1. The molecule has 0 N–H and O–H groups in total. The van der Waals surface area contributed by atoms with Gasteiger partial charge >= 0.3 is 6.09 Å². The van der Waals surface area contributed by atoms with Crippen LogP contribution in [0.1, 0.15) is 11.6 Å². The van der Waals surface area contributed by atoms with Crippen LogP contribution in [0.5, 0.6) is 0 Å². The van der Waals surface area contributed by atoms with Gasteiger partial charge in [0.2, 0.25) is 6.29 Å². The molecular formula is C11H10NO3. The SMILES string of the molecule is O=[C]CN1C(=O)OCC1c1ccccc1. The van der Waals surface area contributed by atoms with Gasteiger partial charge in [0.15, 0.2) is 0 Å². The van der Waals surface area contributed by atoms with Crippen molar-refractivity contribution in [1.82, 2.24) is 4.90 Å². The van der Waals surface area contributed by atoms with Crippen molar-refractivity contribution in [2.45, 2.75) is 6.04 Å². The molecule has 1 aromatic carbocycles. The van der Waals surface area contributed by atoms with E-state index in [1.165, 1.54) is 4.90 Å². The standard InChI is InChI=1S/C11H10NO3/c13-7-6-12-10(8-15-11(12)14)9-4-2-1-3-5-9/h1-5,10H,6,8H2. The Balaban J connectivity index is 2.22. The number of carbonyl (C=O) groups is 1. The number of carbonyl (C=O) groups excluding carboxylic acids is 2. The summed E-state index contributed by atoms with van der Waals surface area (Å²) in [5, 5.41) is 0. The molecule has 15 heavy (non-hydrogen) atoms. The Kier molecular flexibility index (Phi) is 2.67. The van der Waals surface area contributed by atoms with Gasteiger partial charge in [-0.15, -0.1) is 0 Å². The van der Waals surface area contributed by atoms with E-state index in [-0.39, 0.29) is 12.6 Å². The lowest BCUT2D eigenvalue weighted by Gasteiger charge is -2.18. The van der Waals surface area contributed by atoms with Gasteiger partial charge in [0, 0.05) is 0 Å². The summed E-state index contributed by atoms with van der Waals surface area (Å²) < 4.78 is 4.89. The van der Waals surface area contributed by atoms with Gasteiger partial charge in [-0.3, -0.25) is 9.69 Å². The second-order valence-electron chi connectivity index (χ2n) is 3.28. The van der Waals surface area contributed by atoms with Crippen molar-refractivity contribution in [3.8, 4) is 0 Å². The maximum Gasteiger partial charge on any atom is 0.410 e. The Bertz CT molecular complexity index is 363. The normalized spacial score (nSPS) is 20.1. The predicted octanol–water partition coefficient (Wildman–Crippen LogP) is 1.29. The highest BCUT2D eigenvalue weighted by Crippen LogP contribution is 2.26. The first kappa shape index (κ1) is 9.71. The molecule has 1 aromatic rings. The van der Waals surface area contributed by atoms with Crippen molar-refractivity contribution in [3.63, 3.8) is 0 Å². The van der Waals surface area contributed by atoms with Crippen LogP contribution in [-0.4, -0.2) is 30.4 Å². The fourth-order valence-corrected chi connectivity index (χ4v) is 1.65. The smallest absolute Gasteiger partial charge is 0.410 e. The third kappa shape index (κ3) is 1.83. The zero-order valence-electron chi connectivity index (χ0n) is 8.05. The van der Waals surface area contributed by atoms with Gasteiger partial charge in [-0.25, -0.2) is 4.79 Å². The number of amides is 1. The van der Waals surface area contributed by atoms with E-state index in [0.717, 1.165) is 5.56 Å². The molecular weight excluding hydrogens is 194 g/mol. The van der Waals surface area contributed by atoms with Crippen molar-refractivity contribution >= 4 is 12.4 Å². The molecule has 0 aromatic heterocycles. The molecule has 0 aliphatic carbocycles. The van der Waals surface area contributed by atoms with Crippen LogP contribution in [0.15, 0.2) is 30.3 Å². The van der Waals surface area contributed by atoms with Crippen molar-refractivity contribution < 1.29 is 14.3 Å². The number of hydrogen-bond acceptors (Lipinski definition) is 3. The van der Waals surface area contributed by atoms with Crippen molar-refractivity contribution in [2.24, 2.45) is 0 Å². The minimum Gasteiger partial charge on any atom is -0.447 e. The summed E-state index contributed by atoms with van der Waals surface area (Å²) >= 11 is 0. The second kappa shape index (κ2) is 4.13. The largest absolute Gasteiger partial charge is 0.447 e. The fraction of sp³-hybridized carbons (Fsp3) is 0.273. The molecule has 1 fully saturated rings. The van der Waals surface area contributed by atoms with E-state index in [1.807, 2.05) is 30.3 Å².